The summed E-state index contributed by atoms with van der Waals surface area (Å²) in [4.78, 5) is 11.6. The van der Waals surface area contributed by atoms with Crippen LogP contribution in [0, 0.1) is 23.3 Å². The molecule has 0 aromatic heterocycles. The van der Waals surface area contributed by atoms with Gasteiger partial charge in [0.05, 0.1) is 12.2 Å². The van der Waals surface area contributed by atoms with Crippen LogP contribution >= 0.6 is 0 Å². The van der Waals surface area contributed by atoms with Gasteiger partial charge in [0.2, 0.25) is 5.91 Å². The Morgan fingerprint density at radius 3 is 2.48 bits per heavy atom. The molecule has 0 heterocycles. The lowest BCUT2D eigenvalue weighted by atomic mass is 10.2. The highest BCUT2D eigenvalue weighted by Gasteiger charge is 2.13. The van der Waals surface area contributed by atoms with Gasteiger partial charge in [-0.05, 0) is 30.3 Å². The van der Waals surface area contributed by atoms with Crippen molar-refractivity contribution in [1.82, 2.24) is 0 Å². The van der Waals surface area contributed by atoms with Crippen molar-refractivity contribution in [2.24, 2.45) is 0 Å². The third-order valence-corrected chi connectivity index (χ3v) is 2.58. The van der Waals surface area contributed by atoms with Crippen molar-refractivity contribution in [2.75, 3.05) is 17.2 Å². The second kappa shape index (κ2) is 6.25. The van der Waals surface area contributed by atoms with E-state index in [1.807, 2.05) is 0 Å². The van der Waals surface area contributed by atoms with Gasteiger partial charge in [0.1, 0.15) is 5.82 Å². The van der Waals surface area contributed by atoms with Gasteiger partial charge >= 0.3 is 0 Å². The molecule has 0 saturated heterocycles. The molecule has 0 aliphatic heterocycles. The first kappa shape index (κ1) is 14.8. The van der Waals surface area contributed by atoms with E-state index in [2.05, 4.69) is 10.6 Å². The van der Waals surface area contributed by atoms with Gasteiger partial charge < -0.3 is 10.6 Å². The van der Waals surface area contributed by atoms with E-state index in [0.29, 0.717) is 0 Å². The summed E-state index contributed by atoms with van der Waals surface area (Å²) in [5, 5.41) is 4.69. The van der Waals surface area contributed by atoms with Gasteiger partial charge in [0.25, 0.3) is 0 Å². The number of amides is 1. The lowest BCUT2D eigenvalue weighted by Crippen LogP contribution is -2.22. The van der Waals surface area contributed by atoms with Crippen LogP contribution in [0.15, 0.2) is 36.4 Å². The van der Waals surface area contributed by atoms with Crippen molar-refractivity contribution >= 4 is 17.3 Å². The Balaban J connectivity index is 1.97. The summed E-state index contributed by atoms with van der Waals surface area (Å²) in [6.45, 7) is -0.390. The van der Waals surface area contributed by atoms with Crippen LogP contribution in [0.4, 0.5) is 28.9 Å². The summed E-state index contributed by atoms with van der Waals surface area (Å²) in [7, 11) is 0. The minimum atomic E-state index is -1.62. The Kier molecular flexibility index (Phi) is 4.42. The Hall–Kier alpha value is -2.57. The monoisotopic (exact) mass is 298 g/mol. The molecule has 0 fully saturated rings. The van der Waals surface area contributed by atoms with E-state index in [1.54, 1.807) is 0 Å². The molecule has 1 amide bonds. The van der Waals surface area contributed by atoms with Crippen molar-refractivity contribution in [3.05, 3.63) is 59.7 Å². The standard InChI is InChI=1S/C14H10F4N2O/c15-8-2-1-3-9(6-8)20-12(21)7-19-11-5-4-10(16)13(17)14(11)18/h1-6,19H,7H2,(H,20,21). The van der Waals surface area contributed by atoms with Gasteiger partial charge in [-0.15, -0.1) is 0 Å². The van der Waals surface area contributed by atoms with Crippen molar-refractivity contribution in [3.8, 4) is 0 Å². The lowest BCUT2D eigenvalue weighted by Gasteiger charge is -2.09. The Morgan fingerprint density at radius 1 is 1.00 bits per heavy atom. The predicted octanol–water partition coefficient (Wildman–Crippen LogP) is 3.29. The third-order valence-electron chi connectivity index (χ3n) is 2.58. The first-order chi connectivity index (χ1) is 9.97. The molecule has 2 rings (SSSR count). The fraction of sp³-hybridized carbons (Fsp3) is 0.0714. The van der Waals surface area contributed by atoms with E-state index in [0.717, 1.165) is 18.2 Å². The van der Waals surface area contributed by atoms with Gasteiger partial charge in [-0.1, -0.05) is 6.07 Å². The Morgan fingerprint density at radius 2 is 1.76 bits per heavy atom. The molecule has 0 aliphatic carbocycles. The number of carbonyl (C=O) groups is 1. The maximum absolute atomic E-state index is 13.3. The summed E-state index contributed by atoms with van der Waals surface area (Å²) in [6, 6.07) is 6.92. The second-order valence-corrected chi connectivity index (χ2v) is 4.13. The van der Waals surface area contributed by atoms with Crippen molar-refractivity contribution in [1.29, 1.82) is 0 Å². The molecule has 0 atom stereocenters. The largest absolute Gasteiger partial charge is 0.374 e. The van der Waals surface area contributed by atoms with E-state index in [-0.39, 0.29) is 11.4 Å². The van der Waals surface area contributed by atoms with Crippen LogP contribution in [0.1, 0.15) is 0 Å². The van der Waals surface area contributed by atoms with Crippen LogP contribution in [-0.4, -0.2) is 12.5 Å². The van der Waals surface area contributed by atoms with Gasteiger partial charge in [-0.25, -0.2) is 17.6 Å². The van der Waals surface area contributed by atoms with Crippen LogP contribution in [-0.2, 0) is 4.79 Å². The fourth-order valence-corrected chi connectivity index (χ4v) is 1.61. The van der Waals surface area contributed by atoms with Crippen molar-refractivity contribution in [3.63, 3.8) is 0 Å². The maximum atomic E-state index is 13.3. The second-order valence-electron chi connectivity index (χ2n) is 4.13. The number of hydrogen-bond acceptors (Lipinski definition) is 2. The molecule has 2 aromatic carbocycles. The summed E-state index contributed by atoms with van der Waals surface area (Å²) in [5.41, 5.74) is -0.115. The lowest BCUT2D eigenvalue weighted by molar-refractivity contribution is -0.114. The number of nitrogens with one attached hydrogen (secondary N) is 2. The van der Waals surface area contributed by atoms with Crippen LogP contribution in [0.25, 0.3) is 0 Å². The third kappa shape index (κ3) is 3.71. The molecule has 0 saturated carbocycles. The summed E-state index contributed by atoms with van der Waals surface area (Å²) >= 11 is 0. The molecule has 3 nitrogen and oxygen atoms in total. The number of hydrogen-bond donors (Lipinski definition) is 2. The zero-order chi connectivity index (χ0) is 15.4. The van der Waals surface area contributed by atoms with Gasteiger partial charge in [0.15, 0.2) is 17.5 Å². The van der Waals surface area contributed by atoms with Crippen LogP contribution < -0.4 is 10.6 Å². The first-order valence-electron chi connectivity index (χ1n) is 5.90. The molecule has 2 N–H and O–H groups in total. The normalized spacial score (nSPS) is 10.3. The molecule has 2 aromatic rings. The maximum Gasteiger partial charge on any atom is 0.243 e. The molecule has 0 radical (unpaired) electrons. The zero-order valence-electron chi connectivity index (χ0n) is 10.6. The minimum absolute atomic E-state index is 0.229. The van der Waals surface area contributed by atoms with Gasteiger partial charge in [0, 0.05) is 5.69 Å². The molecule has 0 aliphatic rings. The SMILES string of the molecule is O=C(CNc1ccc(F)c(F)c1F)Nc1cccc(F)c1. The van der Waals surface area contributed by atoms with E-state index < -0.39 is 35.7 Å². The minimum Gasteiger partial charge on any atom is -0.374 e. The topological polar surface area (TPSA) is 41.1 Å². The van der Waals surface area contributed by atoms with Crippen LogP contribution in [0.3, 0.4) is 0 Å². The molecular formula is C14H10F4N2O. The van der Waals surface area contributed by atoms with Crippen molar-refractivity contribution < 1.29 is 22.4 Å². The van der Waals surface area contributed by atoms with Gasteiger partial charge in [-0.3, -0.25) is 4.79 Å². The number of carbonyl (C=O) groups excluding carboxylic acids is 1. The number of halogens is 4. The van der Waals surface area contributed by atoms with E-state index in [9.17, 15) is 22.4 Å². The molecular weight excluding hydrogens is 288 g/mol. The zero-order valence-corrected chi connectivity index (χ0v) is 10.6. The molecule has 21 heavy (non-hydrogen) atoms. The highest BCUT2D eigenvalue weighted by molar-refractivity contribution is 5.93. The number of benzene rings is 2. The number of rotatable bonds is 4. The quantitative estimate of drug-likeness (QED) is 0.672. The Bertz CT molecular complexity index is 676. The van der Waals surface area contributed by atoms with E-state index in [1.165, 1.54) is 18.2 Å². The summed E-state index contributed by atoms with van der Waals surface area (Å²) in [6.07, 6.45) is 0. The average molecular weight is 298 g/mol. The highest BCUT2D eigenvalue weighted by atomic mass is 19.2. The Labute approximate surface area is 117 Å². The molecule has 0 bridgehead atoms. The first-order valence-corrected chi connectivity index (χ1v) is 5.90. The van der Waals surface area contributed by atoms with E-state index >= 15 is 0 Å². The fourth-order valence-electron chi connectivity index (χ4n) is 1.61. The highest BCUT2D eigenvalue weighted by Crippen LogP contribution is 2.19. The molecule has 110 valence electrons. The molecule has 7 heteroatoms. The predicted molar refractivity (Wildman–Crippen MR) is 69.8 cm³/mol. The van der Waals surface area contributed by atoms with E-state index in [4.69, 9.17) is 0 Å². The molecule has 0 spiro atoms. The smallest absolute Gasteiger partial charge is 0.243 e. The summed E-state index contributed by atoms with van der Waals surface area (Å²) in [5.74, 6) is -5.46. The van der Waals surface area contributed by atoms with Crippen LogP contribution in [0.2, 0.25) is 0 Å². The van der Waals surface area contributed by atoms with Crippen LogP contribution in [0.5, 0.6) is 0 Å². The summed E-state index contributed by atoms with van der Waals surface area (Å²) < 4.78 is 51.9. The molecule has 0 unspecified atom stereocenters. The number of anilines is 2. The van der Waals surface area contributed by atoms with Gasteiger partial charge in [-0.2, -0.15) is 0 Å². The average Bonchev–Trinajstić information content (AvgIpc) is 2.44. The van der Waals surface area contributed by atoms with Crippen molar-refractivity contribution in [2.45, 2.75) is 0 Å².